The lowest BCUT2D eigenvalue weighted by Gasteiger charge is -2.15. The Hall–Kier alpha value is -3.54. The van der Waals surface area contributed by atoms with Crippen LogP contribution in [0.2, 0.25) is 0 Å². The quantitative estimate of drug-likeness (QED) is 0.412. The van der Waals surface area contributed by atoms with Crippen LogP contribution in [-0.4, -0.2) is 46.3 Å². The molecule has 2 aromatic rings. The third-order valence-electron chi connectivity index (χ3n) is 4.12. The van der Waals surface area contributed by atoms with Crippen LogP contribution in [0.3, 0.4) is 0 Å². The minimum absolute atomic E-state index is 0.0167. The number of carbonyl (C=O) groups excluding carboxylic acids is 1. The van der Waals surface area contributed by atoms with E-state index in [1.54, 1.807) is 6.92 Å². The summed E-state index contributed by atoms with van der Waals surface area (Å²) in [4.78, 5) is 23.7. The molecule has 12 heteroatoms. The fraction of sp³-hybridized carbons (Fsp3) is 0.316. The average molecular weight is 453 g/mol. The molecule has 0 atom stereocenters. The number of amides is 1. The van der Waals surface area contributed by atoms with Gasteiger partial charge in [0.15, 0.2) is 5.75 Å². The van der Waals surface area contributed by atoms with Crippen LogP contribution in [0.4, 0.5) is 17.1 Å². The third kappa shape index (κ3) is 5.54. The molecule has 0 spiro atoms. The van der Waals surface area contributed by atoms with Gasteiger partial charge in [0.2, 0.25) is 21.5 Å². The molecule has 1 amide bonds. The zero-order valence-electron chi connectivity index (χ0n) is 17.4. The van der Waals surface area contributed by atoms with E-state index in [9.17, 15) is 23.3 Å². The summed E-state index contributed by atoms with van der Waals surface area (Å²) in [5.41, 5.74) is -0.259. The first-order valence-electron chi connectivity index (χ1n) is 9.06. The molecule has 0 aliphatic carbocycles. The predicted octanol–water partition coefficient (Wildman–Crippen LogP) is 3.02. The second-order valence-electron chi connectivity index (χ2n) is 6.25. The molecule has 0 bridgehead atoms. The summed E-state index contributed by atoms with van der Waals surface area (Å²) >= 11 is 0. The fourth-order valence-corrected chi connectivity index (χ4v) is 3.95. The lowest BCUT2D eigenvalue weighted by atomic mass is 10.1. The van der Waals surface area contributed by atoms with E-state index < -0.39 is 26.5 Å². The van der Waals surface area contributed by atoms with Crippen molar-refractivity contribution in [2.75, 3.05) is 37.1 Å². The van der Waals surface area contributed by atoms with E-state index in [0.29, 0.717) is 17.8 Å². The van der Waals surface area contributed by atoms with Crippen molar-refractivity contribution in [1.82, 2.24) is 0 Å². The van der Waals surface area contributed by atoms with Crippen LogP contribution in [0, 0.1) is 10.1 Å². The molecule has 2 aromatic carbocycles. The summed E-state index contributed by atoms with van der Waals surface area (Å²) in [7, 11) is 0.374. The number of nitro benzene ring substituents is 1. The molecule has 11 nitrogen and oxygen atoms in total. The zero-order chi connectivity index (χ0) is 23.2. The molecule has 0 aliphatic rings. The number of anilines is 2. The van der Waals surface area contributed by atoms with Crippen molar-refractivity contribution < 1.29 is 32.3 Å². The van der Waals surface area contributed by atoms with Crippen LogP contribution in [0.1, 0.15) is 23.7 Å². The van der Waals surface area contributed by atoms with Gasteiger partial charge in [0.05, 0.1) is 32.0 Å². The van der Waals surface area contributed by atoms with Crippen molar-refractivity contribution in [3.8, 4) is 17.2 Å². The van der Waals surface area contributed by atoms with E-state index in [2.05, 4.69) is 10.0 Å². The van der Waals surface area contributed by atoms with Crippen molar-refractivity contribution in [3.63, 3.8) is 0 Å². The Morgan fingerprint density at radius 2 is 1.61 bits per heavy atom. The molecule has 0 aromatic heterocycles. The Balaban J connectivity index is 2.36. The van der Waals surface area contributed by atoms with E-state index in [1.807, 2.05) is 0 Å². The molecular formula is C19H23N3O8S. The number of hydrogen-bond donors (Lipinski definition) is 2. The van der Waals surface area contributed by atoms with Gasteiger partial charge in [-0.2, -0.15) is 0 Å². The summed E-state index contributed by atoms with van der Waals surface area (Å²) in [5, 5.41) is 14.2. The van der Waals surface area contributed by atoms with Gasteiger partial charge < -0.3 is 19.5 Å². The third-order valence-corrected chi connectivity index (χ3v) is 5.61. The summed E-state index contributed by atoms with van der Waals surface area (Å²) in [5.74, 6) is -0.994. The molecule has 31 heavy (non-hydrogen) atoms. The average Bonchev–Trinajstić information content (AvgIpc) is 2.72. The lowest BCUT2D eigenvalue weighted by molar-refractivity contribution is -0.386. The number of ether oxygens (including phenoxy) is 3. The lowest BCUT2D eigenvalue weighted by Crippen LogP contribution is -2.17. The predicted molar refractivity (Wildman–Crippen MR) is 115 cm³/mol. The first-order valence-corrected chi connectivity index (χ1v) is 10.7. The number of rotatable bonds is 10. The monoisotopic (exact) mass is 453 g/mol. The Morgan fingerprint density at radius 1 is 1.03 bits per heavy atom. The van der Waals surface area contributed by atoms with Crippen LogP contribution in [-0.2, 0) is 10.0 Å². The van der Waals surface area contributed by atoms with E-state index in [-0.39, 0.29) is 28.6 Å². The number of hydrogen-bond acceptors (Lipinski definition) is 8. The summed E-state index contributed by atoms with van der Waals surface area (Å²) < 4.78 is 41.5. The number of nitro groups is 1. The second kappa shape index (κ2) is 9.98. The highest BCUT2D eigenvalue weighted by molar-refractivity contribution is 7.92. The normalized spacial score (nSPS) is 10.8. The van der Waals surface area contributed by atoms with Crippen LogP contribution in [0.5, 0.6) is 17.2 Å². The van der Waals surface area contributed by atoms with Crippen molar-refractivity contribution in [3.05, 3.63) is 46.0 Å². The van der Waals surface area contributed by atoms with Gasteiger partial charge in [-0.1, -0.05) is 6.92 Å². The minimum atomic E-state index is -3.45. The van der Waals surface area contributed by atoms with Crippen molar-refractivity contribution in [2.24, 2.45) is 0 Å². The number of methoxy groups -OCH3 is 3. The van der Waals surface area contributed by atoms with Crippen LogP contribution in [0.15, 0.2) is 30.3 Å². The van der Waals surface area contributed by atoms with Gasteiger partial charge in [-0.25, -0.2) is 8.42 Å². The zero-order valence-corrected chi connectivity index (χ0v) is 18.2. The second-order valence-corrected chi connectivity index (χ2v) is 8.09. The Kier molecular flexibility index (Phi) is 7.64. The number of nitrogens with zero attached hydrogens (tertiary/aromatic N) is 1. The van der Waals surface area contributed by atoms with E-state index in [0.717, 1.165) is 0 Å². The van der Waals surface area contributed by atoms with Gasteiger partial charge in [-0.15, -0.1) is 0 Å². The molecule has 0 aliphatic heterocycles. The smallest absolute Gasteiger partial charge is 0.327 e. The van der Waals surface area contributed by atoms with Gasteiger partial charge in [0.1, 0.15) is 5.56 Å². The SMILES string of the molecule is CCCS(=O)(=O)Nc1ccc(NC(=O)c2cc(OC)c(OC)c(OC)c2[N+](=O)[O-])cc1. The summed E-state index contributed by atoms with van der Waals surface area (Å²) in [6, 6.07) is 7.04. The van der Waals surface area contributed by atoms with E-state index in [1.165, 1.54) is 51.7 Å². The van der Waals surface area contributed by atoms with Crippen molar-refractivity contribution in [2.45, 2.75) is 13.3 Å². The first kappa shape index (κ1) is 23.7. The maximum absolute atomic E-state index is 12.8. The molecule has 0 heterocycles. The number of carbonyl (C=O) groups is 1. The highest BCUT2D eigenvalue weighted by Gasteiger charge is 2.32. The summed E-state index contributed by atoms with van der Waals surface area (Å²) in [6.45, 7) is 1.75. The maximum Gasteiger partial charge on any atom is 0.327 e. The molecule has 0 unspecified atom stereocenters. The molecule has 2 rings (SSSR count). The molecular weight excluding hydrogens is 430 g/mol. The van der Waals surface area contributed by atoms with Gasteiger partial charge in [0, 0.05) is 17.4 Å². The van der Waals surface area contributed by atoms with E-state index >= 15 is 0 Å². The van der Waals surface area contributed by atoms with Gasteiger partial charge >= 0.3 is 5.69 Å². The molecule has 2 N–H and O–H groups in total. The standard InChI is InChI=1S/C19H23N3O8S/c1-5-10-31(26,27)21-13-8-6-12(7-9-13)20-19(23)14-11-15(28-2)17(29-3)18(30-4)16(14)22(24)25/h6-9,11,21H,5,10H2,1-4H3,(H,20,23). The molecule has 168 valence electrons. The van der Waals surface area contributed by atoms with Gasteiger partial charge in [-0.3, -0.25) is 19.6 Å². The van der Waals surface area contributed by atoms with Crippen molar-refractivity contribution >= 4 is 33.0 Å². The topological polar surface area (TPSA) is 146 Å². The molecule has 0 radical (unpaired) electrons. The highest BCUT2D eigenvalue weighted by atomic mass is 32.2. The number of benzene rings is 2. The number of nitrogens with one attached hydrogen (secondary N) is 2. The summed E-state index contributed by atoms with van der Waals surface area (Å²) in [6.07, 6.45) is 0.469. The van der Waals surface area contributed by atoms with Gasteiger partial charge in [-0.05, 0) is 30.7 Å². The molecule has 0 saturated carbocycles. The Bertz CT molecular complexity index is 1070. The Morgan fingerprint density at radius 3 is 2.10 bits per heavy atom. The highest BCUT2D eigenvalue weighted by Crippen LogP contribution is 2.46. The molecule has 0 saturated heterocycles. The first-order chi connectivity index (χ1) is 14.7. The van der Waals surface area contributed by atoms with Crippen LogP contribution in [0.25, 0.3) is 0 Å². The maximum atomic E-state index is 12.8. The van der Waals surface area contributed by atoms with E-state index in [4.69, 9.17) is 14.2 Å². The largest absolute Gasteiger partial charge is 0.493 e. The van der Waals surface area contributed by atoms with Crippen LogP contribution >= 0.6 is 0 Å². The minimum Gasteiger partial charge on any atom is -0.493 e. The Labute approximate surface area is 179 Å². The fourth-order valence-electron chi connectivity index (χ4n) is 2.81. The molecule has 0 fully saturated rings. The number of sulfonamides is 1. The van der Waals surface area contributed by atoms with Gasteiger partial charge in [0.25, 0.3) is 5.91 Å². The van der Waals surface area contributed by atoms with Crippen LogP contribution < -0.4 is 24.2 Å². The van der Waals surface area contributed by atoms with Crippen molar-refractivity contribution in [1.29, 1.82) is 0 Å².